The molecule has 1 aromatic carbocycles. The molecule has 2 N–H and O–H groups in total. The van der Waals surface area contributed by atoms with Gasteiger partial charge in [-0.2, -0.15) is 0 Å². The summed E-state index contributed by atoms with van der Waals surface area (Å²) >= 11 is 0. The number of fused-ring (bicyclic) bond motifs is 5. The lowest BCUT2D eigenvalue weighted by Crippen LogP contribution is -2.55. The molecule has 4 fully saturated rings. The number of aliphatic hydroxyl groups excluding tert-OH is 1. The van der Waals surface area contributed by atoms with Crippen molar-refractivity contribution in [3.8, 4) is 5.75 Å². The molecular weight excluding hydrogens is 382 g/mol. The largest absolute Gasteiger partial charge is 0.491 e. The van der Waals surface area contributed by atoms with E-state index in [1.54, 1.807) is 0 Å². The zero-order valence-corrected chi connectivity index (χ0v) is 19.7. The molecule has 172 valence electrons. The molecule has 1 aromatic rings. The highest BCUT2D eigenvalue weighted by Gasteiger charge is 2.59. The molecule has 3 heteroatoms. The first-order valence-electron chi connectivity index (χ1n) is 13.1. The minimum absolute atomic E-state index is 0.355. The Morgan fingerprint density at radius 3 is 2.58 bits per heavy atom. The number of ether oxygens (including phenoxy) is 1. The van der Waals surface area contributed by atoms with Crippen LogP contribution in [-0.4, -0.2) is 30.4 Å². The Morgan fingerprint density at radius 2 is 1.74 bits per heavy atom. The second-order valence-electron chi connectivity index (χ2n) is 11.8. The summed E-state index contributed by atoms with van der Waals surface area (Å²) in [6.07, 6.45) is 13.9. The molecule has 0 aliphatic heterocycles. The van der Waals surface area contributed by atoms with E-state index >= 15 is 0 Å². The van der Waals surface area contributed by atoms with E-state index in [-0.39, 0.29) is 0 Å². The molecule has 31 heavy (non-hydrogen) atoms. The molecule has 0 saturated heterocycles. The molecule has 8 atom stereocenters. The van der Waals surface area contributed by atoms with E-state index in [4.69, 9.17) is 4.74 Å². The first kappa shape index (κ1) is 21.8. The van der Waals surface area contributed by atoms with Crippen LogP contribution in [0, 0.1) is 34.5 Å². The van der Waals surface area contributed by atoms with Gasteiger partial charge in [-0.3, -0.25) is 0 Å². The Labute approximate surface area is 189 Å². The van der Waals surface area contributed by atoms with Crippen molar-refractivity contribution < 1.29 is 9.84 Å². The Balaban J connectivity index is 1.18. The van der Waals surface area contributed by atoms with E-state index in [1.165, 1.54) is 64.2 Å². The normalized spacial score (nSPS) is 42.9. The maximum Gasteiger partial charge on any atom is 0.119 e. The van der Waals surface area contributed by atoms with Gasteiger partial charge >= 0.3 is 0 Å². The van der Waals surface area contributed by atoms with Crippen molar-refractivity contribution in [2.75, 3.05) is 13.2 Å². The van der Waals surface area contributed by atoms with Crippen LogP contribution in [0.3, 0.4) is 0 Å². The van der Waals surface area contributed by atoms with Crippen molar-refractivity contribution >= 4 is 0 Å². The SMILES string of the molecule is C[C@]12CCCC[C@@H]1CC[C@H]1[C@H]2CC[C@@]2(C)[C@@H]1CC[C@H]2NC[C@@H](O)COc1ccccc1. The van der Waals surface area contributed by atoms with Crippen LogP contribution < -0.4 is 10.1 Å². The van der Waals surface area contributed by atoms with E-state index in [2.05, 4.69) is 19.2 Å². The van der Waals surface area contributed by atoms with Crippen LogP contribution in [0.2, 0.25) is 0 Å². The van der Waals surface area contributed by atoms with Crippen LogP contribution in [0.15, 0.2) is 30.3 Å². The number of para-hydroxylation sites is 1. The highest BCUT2D eigenvalue weighted by atomic mass is 16.5. The van der Waals surface area contributed by atoms with Crippen LogP contribution in [0.4, 0.5) is 0 Å². The van der Waals surface area contributed by atoms with Crippen molar-refractivity contribution in [3.63, 3.8) is 0 Å². The third-order valence-electron chi connectivity index (χ3n) is 10.4. The van der Waals surface area contributed by atoms with E-state index < -0.39 is 6.10 Å². The lowest BCUT2D eigenvalue weighted by Gasteiger charge is -2.60. The first-order chi connectivity index (χ1) is 15.0. The zero-order valence-electron chi connectivity index (χ0n) is 19.7. The summed E-state index contributed by atoms with van der Waals surface area (Å²) in [5, 5.41) is 14.3. The quantitative estimate of drug-likeness (QED) is 0.604. The minimum atomic E-state index is -0.462. The zero-order chi connectivity index (χ0) is 21.5. The molecule has 5 rings (SSSR count). The van der Waals surface area contributed by atoms with Crippen LogP contribution in [0.25, 0.3) is 0 Å². The van der Waals surface area contributed by atoms with Gasteiger partial charge in [0.2, 0.25) is 0 Å². The van der Waals surface area contributed by atoms with Gasteiger partial charge in [0.25, 0.3) is 0 Å². The summed E-state index contributed by atoms with van der Waals surface area (Å²) in [5.74, 6) is 4.62. The lowest BCUT2D eigenvalue weighted by molar-refractivity contribution is -0.107. The summed E-state index contributed by atoms with van der Waals surface area (Å²) in [4.78, 5) is 0. The maximum atomic E-state index is 10.5. The third-order valence-corrected chi connectivity index (χ3v) is 10.4. The number of hydrogen-bond acceptors (Lipinski definition) is 3. The van der Waals surface area contributed by atoms with Gasteiger partial charge in [0.05, 0.1) is 0 Å². The standard InChI is InChI=1S/C28H43NO2/c1-27-16-7-6-8-20(27)11-12-23-24-13-14-26(28(24,2)17-15-25(23)27)29-18-21(30)19-31-22-9-4-3-5-10-22/h3-5,9-10,20-21,23-26,29-30H,6-8,11-19H2,1-2H3/t20-,21-,23-,24-,25-,26-,27+,28+/m1/s1. The average Bonchev–Trinajstić information content (AvgIpc) is 3.13. The van der Waals surface area contributed by atoms with Gasteiger partial charge in [0, 0.05) is 12.6 Å². The molecule has 0 heterocycles. The van der Waals surface area contributed by atoms with E-state index in [9.17, 15) is 5.11 Å². The second kappa shape index (κ2) is 8.71. The van der Waals surface area contributed by atoms with Gasteiger partial charge in [-0.05, 0) is 98.0 Å². The second-order valence-corrected chi connectivity index (χ2v) is 11.8. The Bertz CT molecular complexity index is 738. The average molecular weight is 426 g/mol. The molecule has 4 saturated carbocycles. The van der Waals surface area contributed by atoms with Gasteiger partial charge in [0.15, 0.2) is 0 Å². The van der Waals surface area contributed by atoms with Crippen LogP contribution in [0.5, 0.6) is 5.75 Å². The predicted octanol–water partition coefficient (Wildman–Crippen LogP) is 5.82. The van der Waals surface area contributed by atoms with Crippen molar-refractivity contribution in [2.45, 2.75) is 90.2 Å². The summed E-state index contributed by atoms with van der Waals surface area (Å²) in [7, 11) is 0. The molecule has 0 spiro atoms. The first-order valence-corrected chi connectivity index (χ1v) is 13.1. The Hall–Kier alpha value is -1.06. The molecular formula is C28H43NO2. The monoisotopic (exact) mass is 425 g/mol. The molecule has 4 aliphatic rings. The summed E-state index contributed by atoms with van der Waals surface area (Å²) in [5.41, 5.74) is 1.03. The number of rotatable bonds is 6. The maximum absolute atomic E-state index is 10.5. The molecule has 3 nitrogen and oxygen atoms in total. The topological polar surface area (TPSA) is 41.5 Å². The Morgan fingerprint density at radius 1 is 0.935 bits per heavy atom. The van der Waals surface area contributed by atoms with Gasteiger partial charge in [0.1, 0.15) is 18.5 Å². The summed E-state index contributed by atoms with van der Waals surface area (Å²) in [6.45, 7) is 6.23. The summed E-state index contributed by atoms with van der Waals surface area (Å²) in [6, 6.07) is 10.4. The molecule has 0 amide bonds. The minimum Gasteiger partial charge on any atom is -0.491 e. The third kappa shape index (κ3) is 3.95. The van der Waals surface area contributed by atoms with Crippen molar-refractivity contribution in [2.24, 2.45) is 34.5 Å². The molecule has 0 bridgehead atoms. The van der Waals surface area contributed by atoms with Gasteiger partial charge in [-0.15, -0.1) is 0 Å². The highest BCUT2D eigenvalue weighted by molar-refractivity contribution is 5.21. The smallest absolute Gasteiger partial charge is 0.119 e. The van der Waals surface area contributed by atoms with Crippen LogP contribution in [0.1, 0.15) is 78.1 Å². The van der Waals surface area contributed by atoms with E-state index in [0.29, 0.717) is 30.0 Å². The van der Waals surface area contributed by atoms with Gasteiger partial charge in [-0.25, -0.2) is 0 Å². The number of aliphatic hydroxyl groups is 1. The van der Waals surface area contributed by atoms with Gasteiger partial charge < -0.3 is 15.2 Å². The van der Waals surface area contributed by atoms with E-state index in [1.807, 2.05) is 30.3 Å². The molecule has 0 radical (unpaired) electrons. The number of nitrogens with one attached hydrogen (secondary N) is 1. The van der Waals surface area contributed by atoms with Crippen molar-refractivity contribution in [3.05, 3.63) is 30.3 Å². The predicted molar refractivity (Wildman–Crippen MR) is 126 cm³/mol. The fourth-order valence-electron chi connectivity index (χ4n) is 8.68. The fourth-order valence-corrected chi connectivity index (χ4v) is 8.68. The fraction of sp³-hybridized carbons (Fsp3) is 0.786. The molecule has 0 aromatic heterocycles. The van der Waals surface area contributed by atoms with Gasteiger partial charge in [-0.1, -0.05) is 44.9 Å². The highest BCUT2D eigenvalue weighted by Crippen LogP contribution is 2.66. The lowest BCUT2D eigenvalue weighted by atomic mass is 9.45. The van der Waals surface area contributed by atoms with Crippen molar-refractivity contribution in [1.29, 1.82) is 0 Å². The molecule has 0 unspecified atom stereocenters. The van der Waals surface area contributed by atoms with Crippen LogP contribution in [-0.2, 0) is 0 Å². The number of benzene rings is 1. The summed E-state index contributed by atoms with van der Waals surface area (Å²) < 4.78 is 5.76. The number of hydrogen-bond donors (Lipinski definition) is 2. The van der Waals surface area contributed by atoms with Crippen LogP contribution >= 0.6 is 0 Å². The van der Waals surface area contributed by atoms with Crippen molar-refractivity contribution in [1.82, 2.24) is 5.32 Å². The van der Waals surface area contributed by atoms with E-state index in [0.717, 1.165) is 29.4 Å². The Kier molecular flexibility index (Phi) is 6.11. The molecule has 4 aliphatic carbocycles.